The zero-order chi connectivity index (χ0) is 18.1. The Hall–Kier alpha value is -1.87. The smallest absolute Gasteiger partial charge is 0.252 e. The van der Waals surface area contributed by atoms with E-state index in [0.717, 1.165) is 10.6 Å². The van der Waals surface area contributed by atoms with Gasteiger partial charge in [-0.2, -0.15) is 4.31 Å². The molecule has 1 aliphatic rings. The number of nitrogens with zero attached hydrogens (tertiary/aromatic N) is 3. The van der Waals surface area contributed by atoms with Crippen molar-refractivity contribution in [2.45, 2.75) is 4.21 Å². The van der Waals surface area contributed by atoms with Crippen molar-refractivity contribution >= 4 is 38.6 Å². The van der Waals surface area contributed by atoms with Crippen LogP contribution < -0.4 is 4.90 Å². The summed E-state index contributed by atoms with van der Waals surface area (Å²) in [4.78, 5) is 2.89. The molecular formula is C17H16ClN3O3S2. The van der Waals surface area contributed by atoms with Gasteiger partial charge < -0.3 is 9.42 Å². The largest absolute Gasteiger partial charge is 0.369 e. The van der Waals surface area contributed by atoms with Crippen LogP contribution in [0.4, 0.5) is 5.69 Å². The Bertz CT molecular complexity index is 994. The molecule has 26 heavy (non-hydrogen) atoms. The zero-order valence-corrected chi connectivity index (χ0v) is 16.1. The molecule has 4 rings (SSSR count). The van der Waals surface area contributed by atoms with E-state index < -0.39 is 10.0 Å². The Morgan fingerprint density at radius 2 is 1.88 bits per heavy atom. The number of aromatic nitrogens is 1. The van der Waals surface area contributed by atoms with Crippen LogP contribution in [0.5, 0.6) is 0 Å². The molecule has 0 N–H and O–H groups in total. The molecule has 0 aliphatic carbocycles. The van der Waals surface area contributed by atoms with Crippen molar-refractivity contribution in [2.75, 3.05) is 31.1 Å². The molecule has 0 saturated carbocycles. The van der Waals surface area contributed by atoms with Crippen LogP contribution in [-0.2, 0) is 10.0 Å². The Balaban J connectivity index is 1.48. The fraction of sp³-hybridized carbons (Fsp3) is 0.235. The van der Waals surface area contributed by atoms with E-state index in [4.69, 9.17) is 16.1 Å². The molecule has 0 unspecified atom stereocenters. The topological polar surface area (TPSA) is 66.7 Å². The maximum atomic E-state index is 12.9. The second-order valence-corrected chi connectivity index (χ2v) is 9.55. The molecule has 0 atom stereocenters. The molecule has 0 radical (unpaired) electrons. The molecule has 1 aliphatic heterocycles. The Morgan fingerprint density at radius 1 is 1.08 bits per heavy atom. The molecule has 6 nitrogen and oxygen atoms in total. The van der Waals surface area contributed by atoms with Gasteiger partial charge >= 0.3 is 0 Å². The molecule has 3 aromatic rings. The minimum absolute atomic E-state index is 0.320. The van der Waals surface area contributed by atoms with E-state index in [2.05, 4.69) is 10.1 Å². The average molecular weight is 410 g/mol. The highest BCUT2D eigenvalue weighted by molar-refractivity contribution is 7.91. The molecule has 1 aromatic carbocycles. The van der Waals surface area contributed by atoms with E-state index in [-0.39, 0.29) is 0 Å². The van der Waals surface area contributed by atoms with E-state index in [1.807, 2.05) is 24.3 Å². The molecule has 1 saturated heterocycles. The van der Waals surface area contributed by atoms with E-state index in [1.165, 1.54) is 21.8 Å². The minimum atomic E-state index is -3.51. The number of hydrogen-bond donors (Lipinski definition) is 0. The van der Waals surface area contributed by atoms with Crippen LogP contribution in [0, 0.1) is 0 Å². The van der Waals surface area contributed by atoms with Gasteiger partial charge in [-0.25, -0.2) is 8.42 Å². The molecular weight excluding hydrogens is 394 g/mol. The third kappa shape index (κ3) is 3.37. The first-order valence-corrected chi connectivity index (χ1v) is 10.7. The molecule has 0 spiro atoms. The van der Waals surface area contributed by atoms with Crippen molar-refractivity contribution in [2.24, 2.45) is 0 Å². The van der Waals surface area contributed by atoms with E-state index in [1.54, 1.807) is 18.2 Å². The first-order valence-electron chi connectivity index (χ1n) is 8.05. The van der Waals surface area contributed by atoms with Gasteiger partial charge in [0.2, 0.25) is 0 Å². The molecule has 9 heteroatoms. The van der Waals surface area contributed by atoms with Gasteiger partial charge in [0, 0.05) is 43.0 Å². The quantitative estimate of drug-likeness (QED) is 0.659. The van der Waals surface area contributed by atoms with Gasteiger partial charge in [0.15, 0.2) is 5.76 Å². The molecule has 136 valence electrons. The van der Waals surface area contributed by atoms with Gasteiger partial charge in [0.25, 0.3) is 10.0 Å². The van der Waals surface area contributed by atoms with Gasteiger partial charge in [-0.15, -0.1) is 11.3 Å². The van der Waals surface area contributed by atoms with Crippen molar-refractivity contribution in [1.82, 2.24) is 9.46 Å². The maximum absolute atomic E-state index is 12.9. The molecule has 0 bridgehead atoms. The summed E-state index contributed by atoms with van der Waals surface area (Å²) in [6.07, 6.45) is 1.54. The van der Waals surface area contributed by atoms with Crippen LogP contribution in [0.1, 0.15) is 0 Å². The van der Waals surface area contributed by atoms with Crippen molar-refractivity contribution in [1.29, 1.82) is 0 Å². The van der Waals surface area contributed by atoms with Gasteiger partial charge in [-0.3, -0.25) is 0 Å². The predicted molar refractivity (Wildman–Crippen MR) is 102 cm³/mol. The van der Waals surface area contributed by atoms with Crippen molar-refractivity contribution in [3.63, 3.8) is 0 Å². The van der Waals surface area contributed by atoms with Gasteiger partial charge in [-0.1, -0.05) is 22.8 Å². The van der Waals surface area contributed by atoms with E-state index in [9.17, 15) is 8.42 Å². The highest BCUT2D eigenvalue weighted by Gasteiger charge is 2.30. The minimum Gasteiger partial charge on any atom is -0.369 e. The summed E-state index contributed by atoms with van der Waals surface area (Å²) in [7, 11) is -3.51. The highest BCUT2D eigenvalue weighted by atomic mass is 35.5. The number of piperazine rings is 1. The van der Waals surface area contributed by atoms with Crippen LogP contribution in [0.2, 0.25) is 5.02 Å². The number of halogens is 1. The van der Waals surface area contributed by atoms with Crippen molar-refractivity contribution < 1.29 is 12.9 Å². The van der Waals surface area contributed by atoms with Crippen LogP contribution >= 0.6 is 22.9 Å². The summed E-state index contributed by atoms with van der Waals surface area (Å²) < 4.78 is 32.8. The second kappa shape index (κ2) is 7.03. The van der Waals surface area contributed by atoms with Crippen LogP contribution in [0.3, 0.4) is 0 Å². The van der Waals surface area contributed by atoms with Crippen LogP contribution in [-0.4, -0.2) is 44.1 Å². The van der Waals surface area contributed by atoms with E-state index in [0.29, 0.717) is 41.2 Å². The second-order valence-electron chi connectivity index (χ2n) is 5.87. The summed E-state index contributed by atoms with van der Waals surface area (Å²) in [6, 6.07) is 12.7. The number of hydrogen-bond acceptors (Lipinski definition) is 6. The van der Waals surface area contributed by atoms with Gasteiger partial charge in [-0.05, 0) is 30.3 Å². The standard InChI is InChI=1S/C17H16ClN3O3S2/c18-13-2-1-3-14(12-13)20-8-10-21(11-9-20)26(22,23)17-5-4-16(25-17)15-6-7-19-24-15/h1-7,12H,8-11H2. The highest BCUT2D eigenvalue weighted by Crippen LogP contribution is 2.32. The zero-order valence-electron chi connectivity index (χ0n) is 13.7. The Labute approximate surface area is 160 Å². The summed E-state index contributed by atoms with van der Waals surface area (Å²) in [6.45, 7) is 2.12. The molecule has 3 heterocycles. The number of benzene rings is 1. The normalized spacial score (nSPS) is 16.1. The molecule has 2 aromatic heterocycles. The maximum Gasteiger partial charge on any atom is 0.252 e. The fourth-order valence-electron chi connectivity index (χ4n) is 2.92. The Kier molecular flexibility index (Phi) is 4.74. The molecule has 1 fully saturated rings. The lowest BCUT2D eigenvalue weighted by molar-refractivity contribution is 0.386. The lowest BCUT2D eigenvalue weighted by Crippen LogP contribution is -2.48. The number of rotatable bonds is 4. The number of anilines is 1. The summed E-state index contributed by atoms with van der Waals surface area (Å²) in [5, 5.41) is 4.34. The van der Waals surface area contributed by atoms with Gasteiger partial charge in [0.1, 0.15) is 4.21 Å². The Morgan fingerprint density at radius 3 is 2.58 bits per heavy atom. The third-order valence-corrected chi connectivity index (χ3v) is 7.97. The molecule has 0 amide bonds. The predicted octanol–water partition coefficient (Wildman–Crippen LogP) is 3.57. The monoisotopic (exact) mass is 409 g/mol. The summed E-state index contributed by atoms with van der Waals surface area (Å²) in [5.74, 6) is 0.572. The first kappa shape index (κ1) is 17.5. The van der Waals surface area contributed by atoms with Gasteiger partial charge in [0.05, 0.1) is 11.1 Å². The lowest BCUT2D eigenvalue weighted by Gasteiger charge is -2.35. The lowest BCUT2D eigenvalue weighted by atomic mass is 10.2. The van der Waals surface area contributed by atoms with Crippen molar-refractivity contribution in [3.05, 3.63) is 53.7 Å². The van der Waals surface area contributed by atoms with Crippen LogP contribution in [0.25, 0.3) is 10.6 Å². The average Bonchev–Trinajstić information content (AvgIpc) is 3.33. The summed E-state index contributed by atoms with van der Waals surface area (Å²) in [5.41, 5.74) is 1.01. The fourth-order valence-corrected chi connectivity index (χ4v) is 5.95. The number of sulfonamides is 1. The number of thiophene rings is 1. The SMILES string of the molecule is O=S(=O)(c1ccc(-c2ccno2)s1)N1CCN(c2cccc(Cl)c2)CC1. The summed E-state index contributed by atoms with van der Waals surface area (Å²) >= 11 is 7.24. The van der Waals surface area contributed by atoms with Crippen LogP contribution in [0.15, 0.2) is 57.4 Å². The van der Waals surface area contributed by atoms with E-state index >= 15 is 0 Å². The van der Waals surface area contributed by atoms with Crippen molar-refractivity contribution in [3.8, 4) is 10.6 Å². The third-order valence-electron chi connectivity index (χ3n) is 4.27. The first-order chi connectivity index (χ1) is 12.5.